The number of ether oxygens (including phenoxy) is 4. The third-order valence-electron chi connectivity index (χ3n) is 10.3. The molecular weight excluding hydrogens is 768 g/mol. The van der Waals surface area contributed by atoms with Gasteiger partial charge < -0.3 is 44.1 Å². The van der Waals surface area contributed by atoms with Crippen LogP contribution in [0.3, 0.4) is 0 Å². The number of hydrogen-bond acceptors (Lipinski definition) is 13. The number of carbonyl (C=O) groups excluding carboxylic acids is 7. The van der Waals surface area contributed by atoms with E-state index < -0.39 is 96.2 Å². The van der Waals surface area contributed by atoms with Crippen LogP contribution in [0.25, 0.3) is 0 Å². The number of carboxylic acids is 1. The summed E-state index contributed by atoms with van der Waals surface area (Å²) in [6, 6.07) is 4.66. The minimum atomic E-state index is -1.44. The van der Waals surface area contributed by atoms with Crippen LogP contribution < -0.4 is 5.32 Å². The average Bonchev–Trinajstić information content (AvgIpc) is 3.21. The third-order valence-corrected chi connectivity index (χ3v) is 10.3. The van der Waals surface area contributed by atoms with Crippen molar-refractivity contribution in [3.8, 4) is 0 Å². The van der Waals surface area contributed by atoms with Gasteiger partial charge in [0.25, 0.3) is 17.7 Å². The Hall–Kier alpha value is -5.06. The van der Waals surface area contributed by atoms with Crippen molar-refractivity contribution < 1.29 is 62.4 Å². The fourth-order valence-electron chi connectivity index (χ4n) is 6.51. The Bertz CT molecular complexity index is 1610. The molecule has 2 rings (SSSR count). The second-order valence-corrected chi connectivity index (χ2v) is 15.4. The first kappa shape index (κ1) is 50.1. The molecule has 17 heteroatoms. The van der Waals surface area contributed by atoms with Gasteiger partial charge in [-0.15, -0.1) is 0 Å². The van der Waals surface area contributed by atoms with E-state index in [2.05, 4.69) is 5.32 Å². The van der Waals surface area contributed by atoms with E-state index in [0.29, 0.717) is 24.8 Å². The van der Waals surface area contributed by atoms with E-state index in [0.717, 1.165) is 22.6 Å². The lowest BCUT2D eigenvalue weighted by atomic mass is 9.99. The number of aliphatic carboxylic acids is 1. The molecule has 1 aromatic carbocycles. The highest BCUT2D eigenvalue weighted by Crippen LogP contribution is 2.24. The van der Waals surface area contributed by atoms with Gasteiger partial charge in [-0.1, -0.05) is 63.9 Å². The molecule has 1 aliphatic rings. The molecule has 17 nitrogen and oxygen atoms in total. The smallest absolute Gasteiger partial charge is 0.344 e. The summed E-state index contributed by atoms with van der Waals surface area (Å²) in [5, 5.41) is 12.2. The molecule has 1 aromatic rings. The summed E-state index contributed by atoms with van der Waals surface area (Å²) in [7, 11) is 4.32. The van der Waals surface area contributed by atoms with Crippen molar-refractivity contribution in [3.63, 3.8) is 0 Å². The van der Waals surface area contributed by atoms with Gasteiger partial charge in [0, 0.05) is 27.1 Å². The standard InChI is InChI=1S/C42H64N4O13/c1-11-12-20-31(43-8)40(53)57-27(5)35(47)44(9)26(4)39(52)56-28(6)36(48)45(10)33(23-25(2)3)42(55)59-34(24-30-18-14-13-15-19-30)37(49)46-22-17-16-21-32(46)41(54)58-29(7)38(50)51/h13-15,18-19,25-29,31-34,43H,11-12,16-17,20-24H2,1-10H3,(H,50,51)/t26-,27+,28+,29+,31-,32-,33-,34+/m0/s1. The Morgan fingerprint density at radius 3 is 1.95 bits per heavy atom. The molecule has 2 N–H and O–H groups in total. The molecule has 0 bridgehead atoms. The van der Waals surface area contributed by atoms with Crippen molar-refractivity contribution in [1.82, 2.24) is 20.0 Å². The number of amides is 3. The molecular formula is C42H64N4O13. The van der Waals surface area contributed by atoms with Gasteiger partial charge in [0.1, 0.15) is 24.2 Å². The van der Waals surface area contributed by atoms with Crippen molar-refractivity contribution in [3.05, 3.63) is 35.9 Å². The van der Waals surface area contributed by atoms with Gasteiger partial charge in [0.05, 0.1) is 0 Å². The fraction of sp³-hybridized carbons (Fsp3) is 0.667. The molecule has 0 spiro atoms. The monoisotopic (exact) mass is 832 g/mol. The number of likely N-dealkylation sites (N-methyl/N-ethyl adjacent to an activating group) is 3. The molecule has 0 aromatic heterocycles. The van der Waals surface area contributed by atoms with Crippen LogP contribution in [0.2, 0.25) is 0 Å². The van der Waals surface area contributed by atoms with Gasteiger partial charge in [-0.3, -0.25) is 19.2 Å². The molecule has 1 fully saturated rings. The Balaban J connectivity index is 2.25. The van der Waals surface area contributed by atoms with Crippen molar-refractivity contribution in [2.45, 2.75) is 148 Å². The minimum absolute atomic E-state index is 0.0633. The summed E-state index contributed by atoms with van der Waals surface area (Å²) < 4.78 is 21.9. The maximum absolute atomic E-state index is 14.2. The van der Waals surface area contributed by atoms with Crippen molar-refractivity contribution in [1.29, 1.82) is 0 Å². The molecule has 0 aliphatic carbocycles. The quantitative estimate of drug-likeness (QED) is 0.127. The first-order valence-corrected chi connectivity index (χ1v) is 20.3. The van der Waals surface area contributed by atoms with Crippen LogP contribution in [0.5, 0.6) is 0 Å². The second kappa shape index (κ2) is 24.1. The Morgan fingerprint density at radius 2 is 1.39 bits per heavy atom. The predicted octanol–water partition coefficient (Wildman–Crippen LogP) is 2.90. The summed E-state index contributed by atoms with van der Waals surface area (Å²) in [6.07, 6.45) is -1.92. The van der Waals surface area contributed by atoms with E-state index in [1.54, 1.807) is 37.4 Å². The number of likely N-dealkylation sites (tertiary alicyclic amines) is 1. The first-order chi connectivity index (χ1) is 27.7. The van der Waals surface area contributed by atoms with E-state index in [1.165, 1.54) is 46.7 Å². The van der Waals surface area contributed by atoms with E-state index in [4.69, 9.17) is 18.9 Å². The lowest BCUT2D eigenvalue weighted by Crippen LogP contribution is -2.55. The fourth-order valence-corrected chi connectivity index (χ4v) is 6.51. The number of piperidine rings is 1. The number of unbranched alkanes of at least 4 members (excludes halogenated alkanes) is 1. The van der Waals surface area contributed by atoms with Crippen LogP contribution in [-0.4, -0.2) is 144 Å². The molecule has 0 unspecified atom stereocenters. The summed E-state index contributed by atoms with van der Waals surface area (Å²) >= 11 is 0. The van der Waals surface area contributed by atoms with E-state index in [9.17, 15) is 43.5 Å². The topological polar surface area (TPSA) is 215 Å². The molecule has 1 heterocycles. The number of rotatable bonds is 22. The molecule has 1 aliphatic heterocycles. The van der Waals surface area contributed by atoms with E-state index in [1.807, 2.05) is 20.8 Å². The number of esters is 4. The number of carboxylic acid groups (broad SMARTS) is 1. The van der Waals surface area contributed by atoms with Gasteiger partial charge in [-0.2, -0.15) is 0 Å². The van der Waals surface area contributed by atoms with Crippen molar-refractivity contribution >= 4 is 47.6 Å². The predicted molar refractivity (Wildman–Crippen MR) is 214 cm³/mol. The molecule has 0 saturated carbocycles. The van der Waals surface area contributed by atoms with Crippen LogP contribution in [0.4, 0.5) is 0 Å². The molecule has 3 amide bonds. The SMILES string of the molecule is CCCC[C@H](NC)C(=O)O[C@H](C)C(=O)N(C)[C@@H](C)C(=O)O[C@H](C)C(=O)N(C)[C@@H](CC(C)C)C(=O)O[C@H](Cc1ccccc1)C(=O)N1CCCC[C@H]1C(=O)O[C@H](C)C(=O)O. The number of hydrogen-bond donors (Lipinski definition) is 2. The van der Waals surface area contributed by atoms with Crippen LogP contribution in [0.15, 0.2) is 30.3 Å². The highest BCUT2D eigenvalue weighted by Gasteiger charge is 2.41. The summed E-state index contributed by atoms with van der Waals surface area (Å²) in [5.41, 5.74) is 0.652. The zero-order valence-corrected chi connectivity index (χ0v) is 36.1. The summed E-state index contributed by atoms with van der Waals surface area (Å²) in [4.78, 5) is 109. The highest BCUT2D eigenvalue weighted by atomic mass is 16.6. The van der Waals surface area contributed by atoms with Gasteiger partial charge in [-0.25, -0.2) is 19.2 Å². The summed E-state index contributed by atoms with van der Waals surface area (Å²) in [6.45, 7) is 11.1. The van der Waals surface area contributed by atoms with Gasteiger partial charge in [0.15, 0.2) is 24.4 Å². The van der Waals surface area contributed by atoms with Crippen LogP contribution in [-0.2, 0) is 63.7 Å². The second-order valence-electron chi connectivity index (χ2n) is 15.4. The molecule has 8 atom stereocenters. The maximum Gasteiger partial charge on any atom is 0.344 e. The summed E-state index contributed by atoms with van der Waals surface area (Å²) in [5.74, 6) is -6.89. The number of nitrogens with zero attached hydrogens (tertiary/aromatic N) is 3. The Morgan fingerprint density at radius 1 is 0.797 bits per heavy atom. The molecule has 59 heavy (non-hydrogen) atoms. The van der Waals surface area contributed by atoms with Gasteiger partial charge >= 0.3 is 29.8 Å². The zero-order chi connectivity index (χ0) is 44.6. The zero-order valence-electron chi connectivity index (χ0n) is 36.1. The number of carbonyl (C=O) groups is 8. The van der Waals surface area contributed by atoms with E-state index in [-0.39, 0.29) is 31.7 Å². The average molecular weight is 833 g/mol. The Kier molecular flexibility index (Phi) is 20.5. The largest absolute Gasteiger partial charge is 0.479 e. The molecule has 330 valence electrons. The lowest BCUT2D eigenvalue weighted by Gasteiger charge is -2.37. The van der Waals surface area contributed by atoms with Crippen LogP contribution in [0.1, 0.15) is 99.0 Å². The Labute approximate surface area is 347 Å². The number of nitrogens with one attached hydrogen (secondary N) is 1. The lowest BCUT2D eigenvalue weighted by molar-refractivity contribution is -0.175. The van der Waals surface area contributed by atoms with Crippen LogP contribution in [0, 0.1) is 5.92 Å². The van der Waals surface area contributed by atoms with Crippen LogP contribution >= 0.6 is 0 Å². The molecule has 0 radical (unpaired) electrons. The van der Waals surface area contributed by atoms with Gasteiger partial charge in [-0.05, 0) is 78.3 Å². The minimum Gasteiger partial charge on any atom is -0.479 e. The highest BCUT2D eigenvalue weighted by molar-refractivity contribution is 5.93. The number of benzene rings is 1. The van der Waals surface area contributed by atoms with Crippen molar-refractivity contribution in [2.24, 2.45) is 5.92 Å². The van der Waals surface area contributed by atoms with E-state index >= 15 is 0 Å². The molecule has 1 saturated heterocycles. The normalized spacial score (nSPS) is 17.5. The first-order valence-electron chi connectivity index (χ1n) is 20.3. The van der Waals surface area contributed by atoms with Gasteiger partial charge in [0.2, 0.25) is 0 Å². The third kappa shape index (κ3) is 14.9. The van der Waals surface area contributed by atoms with Crippen molar-refractivity contribution in [2.75, 3.05) is 27.7 Å². The maximum atomic E-state index is 14.2.